The molecule has 192 valence electrons. The van der Waals surface area contributed by atoms with Crippen LogP contribution in [0.2, 0.25) is 0 Å². The van der Waals surface area contributed by atoms with Gasteiger partial charge in [-0.1, -0.05) is 36.4 Å². The minimum absolute atomic E-state index is 0.772. The summed E-state index contributed by atoms with van der Waals surface area (Å²) < 4.78 is 6.81. The lowest BCUT2D eigenvalue weighted by Crippen LogP contribution is -2.14. The maximum absolute atomic E-state index is 4.66. The van der Waals surface area contributed by atoms with Crippen LogP contribution in [0.5, 0.6) is 0 Å². The predicted octanol–water partition coefficient (Wildman–Crippen LogP) is 6.81. The third-order valence-electron chi connectivity index (χ3n) is 8.28. The standard InChI is InChI=1S/C33H30N6/c1-22-25(16-37-19-34-28-10-4-7-13-31(28)37)23(2)27(18-39-21-36-30-12-6-9-15-33(30)39)24(3)26(22)17-38-20-35-29-11-5-8-14-32(29)38/h4-15,19-21H,16-18H2,1-3H3. The average molecular weight is 511 g/mol. The summed E-state index contributed by atoms with van der Waals surface area (Å²) in [5.41, 5.74) is 14.6. The Hall–Kier alpha value is -4.71. The van der Waals surface area contributed by atoms with Crippen molar-refractivity contribution in [3.05, 3.63) is 125 Å². The highest BCUT2D eigenvalue weighted by Crippen LogP contribution is 2.31. The van der Waals surface area contributed by atoms with Gasteiger partial charge in [-0.15, -0.1) is 0 Å². The van der Waals surface area contributed by atoms with E-state index < -0.39 is 0 Å². The molecular weight excluding hydrogens is 480 g/mol. The molecule has 39 heavy (non-hydrogen) atoms. The fourth-order valence-electron chi connectivity index (χ4n) is 6.02. The second kappa shape index (κ2) is 9.24. The van der Waals surface area contributed by atoms with Crippen molar-refractivity contribution >= 4 is 33.1 Å². The zero-order valence-corrected chi connectivity index (χ0v) is 22.5. The highest BCUT2D eigenvalue weighted by Gasteiger charge is 2.20. The van der Waals surface area contributed by atoms with Crippen LogP contribution in [-0.2, 0) is 19.6 Å². The Morgan fingerprint density at radius 3 is 1.03 bits per heavy atom. The molecule has 0 saturated heterocycles. The zero-order valence-electron chi connectivity index (χ0n) is 22.5. The fourth-order valence-corrected chi connectivity index (χ4v) is 6.02. The summed E-state index contributed by atoms with van der Waals surface area (Å²) in [5, 5.41) is 0. The van der Waals surface area contributed by atoms with Crippen molar-refractivity contribution in [3.63, 3.8) is 0 Å². The van der Waals surface area contributed by atoms with E-state index in [0.29, 0.717) is 0 Å². The molecule has 0 bridgehead atoms. The van der Waals surface area contributed by atoms with Gasteiger partial charge in [0.2, 0.25) is 0 Å². The molecule has 0 aliphatic rings. The van der Waals surface area contributed by atoms with Gasteiger partial charge in [0.05, 0.1) is 52.1 Å². The second-order valence-corrected chi connectivity index (χ2v) is 10.4. The predicted molar refractivity (Wildman–Crippen MR) is 157 cm³/mol. The first-order chi connectivity index (χ1) is 19.1. The summed E-state index contributed by atoms with van der Waals surface area (Å²) in [4.78, 5) is 14.0. The van der Waals surface area contributed by atoms with E-state index in [9.17, 15) is 0 Å². The van der Waals surface area contributed by atoms with Crippen LogP contribution in [-0.4, -0.2) is 28.7 Å². The number of hydrogen-bond acceptors (Lipinski definition) is 3. The number of hydrogen-bond donors (Lipinski definition) is 0. The molecule has 0 N–H and O–H groups in total. The summed E-state index contributed by atoms with van der Waals surface area (Å²) >= 11 is 0. The average Bonchev–Trinajstić information content (AvgIpc) is 3.69. The lowest BCUT2D eigenvalue weighted by atomic mass is 9.87. The SMILES string of the molecule is Cc1c(Cn2cnc3ccccc32)c(C)c(Cn2cnc3ccccc32)c(C)c1Cn1cnc2ccccc21. The maximum Gasteiger partial charge on any atom is 0.0961 e. The topological polar surface area (TPSA) is 53.5 Å². The molecule has 3 aromatic heterocycles. The second-order valence-electron chi connectivity index (χ2n) is 10.4. The van der Waals surface area contributed by atoms with E-state index in [4.69, 9.17) is 0 Å². The van der Waals surface area contributed by atoms with E-state index in [0.717, 1.165) is 52.7 Å². The van der Waals surface area contributed by atoms with Crippen molar-refractivity contribution in [1.29, 1.82) is 0 Å². The Balaban J connectivity index is 1.39. The highest BCUT2D eigenvalue weighted by atomic mass is 15.1. The third kappa shape index (κ3) is 3.91. The van der Waals surface area contributed by atoms with Crippen LogP contribution in [0, 0.1) is 20.8 Å². The molecule has 4 aromatic carbocycles. The minimum atomic E-state index is 0.772. The molecule has 0 atom stereocenters. The summed E-state index contributed by atoms with van der Waals surface area (Å²) in [6, 6.07) is 25.1. The molecule has 6 heteroatoms. The van der Waals surface area contributed by atoms with Crippen molar-refractivity contribution in [2.24, 2.45) is 0 Å². The molecule has 0 spiro atoms. The summed E-state index contributed by atoms with van der Waals surface area (Å²) in [6.07, 6.45) is 5.90. The van der Waals surface area contributed by atoms with Crippen LogP contribution >= 0.6 is 0 Å². The first-order valence-electron chi connectivity index (χ1n) is 13.4. The Bertz CT molecular complexity index is 1740. The van der Waals surface area contributed by atoms with Crippen molar-refractivity contribution in [1.82, 2.24) is 28.7 Å². The smallest absolute Gasteiger partial charge is 0.0961 e. The molecule has 0 aliphatic carbocycles. The van der Waals surface area contributed by atoms with Gasteiger partial charge in [0.1, 0.15) is 0 Å². The number of imidazole rings is 3. The molecule has 7 rings (SSSR count). The van der Waals surface area contributed by atoms with Crippen LogP contribution in [0.1, 0.15) is 33.4 Å². The van der Waals surface area contributed by atoms with E-state index in [1.807, 2.05) is 37.2 Å². The van der Waals surface area contributed by atoms with Gasteiger partial charge in [-0.2, -0.15) is 0 Å². The van der Waals surface area contributed by atoms with Gasteiger partial charge in [0.15, 0.2) is 0 Å². The minimum Gasteiger partial charge on any atom is -0.326 e. The molecule has 0 fully saturated rings. The largest absolute Gasteiger partial charge is 0.326 e. The monoisotopic (exact) mass is 510 g/mol. The lowest BCUT2D eigenvalue weighted by Gasteiger charge is -2.24. The highest BCUT2D eigenvalue weighted by molar-refractivity contribution is 5.77. The Labute approximate surface area is 227 Å². The van der Waals surface area contributed by atoms with Gasteiger partial charge >= 0.3 is 0 Å². The van der Waals surface area contributed by atoms with Crippen LogP contribution in [0.15, 0.2) is 91.8 Å². The van der Waals surface area contributed by atoms with Crippen molar-refractivity contribution in [2.75, 3.05) is 0 Å². The first-order valence-corrected chi connectivity index (χ1v) is 13.4. The van der Waals surface area contributed by atoms with E-state index in [-0.39, 0.29) is 0 Å². The molecule has 0 amide bonds. The van der Waals surface area contributed by atoms with Gasteiger partial charge in [0, 0.05) is 19.6 Å². The first kappa shape index (κ1) is 23.4. The quantitative estimate of drug-likeness (QED) is 0.247. The number of benzene rings is 4. The number of fused-ring (bicyclic) bond motifs is 3. The van der Waals surface area contributed by atoms with E-state index in [1.54, 1.807) is 0 Å². The van der Waals surface area contributed by atoms with Crippen molar-refractivity contribution in [3.8, 4) is 0 Å². The van der Waals surface area contributed by atoms with Crippen molar-refractivity contribution < 1.29 is 0 Å². The Morgan fingerprint density at radius 2 is 0.718 bits per heavy atom. The van der Waals surface area contributed by atoms with Gasteiger partial charge < -0.3 is 13.7 Å². The molecule has 0 saturated carbocycles. The van der Waals surface area contributed by atoms with E-state index >= 15 is 0 Å². The number of rotatable bonds is 6. The molecule has 0 aliphatic heterocycles. The van der Waals surface area contributed by atoms with Crippen LogP contribution in [0.4, 0.5) is 0 Å². The van der Waals surface area contributed by atoms with Crippen LogP contribution < -0.4 is 0 Å². The number of nitrogens with zero attached hydrogens (tertiary/aromatic N) is 6. The van der Waals surface area contributed by atoms with Crippen LogP contribution in [0.3, 0.4) is 0 Å². The normalized spacial score (nSPS) is 11.8. The van der Waals surface area contributed by atoms with E-state index in [2.05, 4.69) is 104 Å². The maximum atomic E-state index is 4.66. The fraction of sp³-hybridized carbons (Fsp3) is 0.182. The Morgan fingerprint density at radius 1 is 0.436 bits per heavy atom. The number of para-hydroxylation sites is 6. The summed E-state index contributed by atoms with van der Waals surface area (Å²) in [5.74, 6) is 0. The lowest BCUT2D eigenvalue weighted by molar-refractivity contribution is 0.758. The third-order valence-corrected chi connectivity index (χ3v) is 8.28. The number of aromatic nitrogens is 6. The van der Waals surface area contributed by atoms with E-state index in [1.165, 1.54) is 33.4 Å². The van der Waals surface area contributed by atoms with Gasteiger partial charge in [-0.3, -0.25) is 0 Å². The summed E-state index contributed by atoms with van der Waals surface area (Å²) in [7, 11) is 0. The molecule has 0 radical (unpaired) electrons. The van der Waals surface area contributed by atoms with Gasteiger partial charge in [0.25, 0.3) is 0 Å². The molecule has 3 heterocycles. The van der Waals surface area contributed by atoms with Crippen LogP contribution in [0.25, 0.3) is 33.1 Å². The summed E-state index contributed by atoms with van der Waals surface area (Å²) in [6.45, 7) is 9.15. The molecular formula is C33H30N6. The molecule has 7 aromatic rings. The zero-order chi connectivity index (χ0) is 26.5. The van der Waals surface area contributed by atoms with Gasteiger partial charge in [-0.25, -0.2) is 15.0 Å². The molecule has 6 nitrogen and oxygen atoms in total. The van der Waals surface area contributed by atoms with Gasteiger partial charge in [-0.05, 0) is 90.6 Å². The Kier molecular flexibility index (Phi) is 5.55. The molecule has 0 unspecified atom stereocenters. The van der Waals surface area contributed by atoms with Crippen molar-refractivity contribution in [2.45, 2.75) is 40.4 Å².